The van der Waals surface area contributed by atoms with Crippen LogP contribution in [0, 0.1) is 5.92 Å². The fourth-order valence-electron chi connectivity index (χ4n) is 3.24. The van der Waals surface area contributed by atoms with Crippen molar-refractivity contribution in [3.05, 3.63) is 65.7 Å². The molecule has 3 amide bonds. The number of nitrogens with zero attached hydrogens (tertiary/aromatic N) is 1. The molecule has 0 spiro atoms. The van der Waals surface area contributed by atoms with Crippen molar-refractivity contribution in [2.75, 3.05) is 18.4 Å². The zero-order valence-electron chi connectivity index (χ0n) is 19.3. The second-order valence-corrected chi connectivity index (χ2v) is 7.62. The van der Waals surface area contributed by atoms with Gasteiger partial charge in [-0.3, -0.25) is 9.59 Å². The van der Waals surface area contributed by atoms with Crippen LogP contribution in [0.25, 0.3) is 0 Å². The summed E-state index contributed by atoms with van der Waals surface area (Å²) in [5, 5.41) is 5.51. The van der Waals surface area contributed by atoms with Crippen molar-refractivity contribution >= 4 is 23.6 Å². The number of ether oxygens (including phenoxy) is 1. The summed E-state index contributed by atoms with van der Waals surface area (Å²) in [6.07, 6.45) is 0.0390. The minimum atomic E-state index is -0.773. The first-order valence-electron chi connectivity index (χ1n) is 11.1. The highest BCUT2D eigenvalue weighted by atomic mass is 16.5. The number of nitrogens with one attached hydrogen (secondary N) is 2. The highest BCUT2D eigenvalue weighted by Crippen LogP contribution is 2.16. The van der Waals surface area contributed by atoms with E-state index in [0.717, 1.165) is 5.56 Å². The Morgan fingerprint density at radius 1 is 0.969 bits per heavy atom. The highest BCUT2D eigenvalue weighted by molar-refractivity contribution is 5.99. The number of rotatable bonds is 10. The van der Waals surface area contributed by atoms with E-state index in [1.165, 1.54) is 0 Å². The third-order valence-electron chi connectivity index (χ3n) is 5.41. The lowest BCUT2D eigenvalue weighted by Crippen LogP contribution is -2.47. The fraction of sp³-hybridized carbons (Fsp3) is 0.400. The van der Waals surface area contributed by atoms with Crippen LogP contribution >= 0.6 is 0 Å². The predicted octanol–water partition coefficient (Wildman–Crippen LogP) is 4.45. The van der Waals surface area contributed by atoms with Gasteiger partial charge in [-0.25, -0.2) is 4.79 Å². The number of carbonyl (C=O) groups excluding carboxylic acids is 3. The maximum atomic E-state index is 13.0. The first kappa shape index (κ1) is 24.9. The molecule has 0 unspecified atom stereocenters. The number of hydrogen-bond acceptors (Lipinski definition) is 4. The van der Waals surface area contributed by atoms with E-state index in [1.54, 1.807) is 29.2 Å². The van der Waals surface area contributed by atoms with Crippen LogP contribution in [0.5, 0.6) is 0 Å². The smallest absolute Gasteiger partial charge is 0.408 e. The summed E-state index contributed by atoms with van der Waals surface area (Å²) in [7, 11) is 0. The third kappa shape index (κ3) is 7.11. The third-order valence-corrected chi connectivity index (χ3v) is 5.41. The Labute approximate surface area is 190 Å². The monoisotopic (exact) mass is 439 g/mol. The molecule has 0 heterocycles. The van der Waals surface area contributed by atoms with Crippen LogP contribution in [-0.4, -0.2) is 41.9 Å². The quantitative estimate of drug-likeness (QED) is 0.573. The van der Waals surface area contributed by atoms with Gasteiger partial charge in [0, 0.05) is 24.3 Å². The molecule has 0 fully saturated rings. The Hall–Kier alpha value is -3.35. The van der Waals surface area contributed by atoms with E-state index in [9.17, 15) is 14.4 Å². The maximum absolute atomic E-state index is 13.0. The molecule has 32 heavy (non-hydrogen) atoms. The number of alkyl carbamates (subject to hydrolysis) is 1. The molecule has 0 aliphatic carbocycles. The summed E-state index contributed by atoms with van der Waals surface area (Å²) >= 11 is 0. The Balaban J connectivity index is 2.05. The molecule has 2 aromatic carbocycles. The molecular weight excluding hydrogens is 406 g/mol. The lowest BCUT2D eigenvalue weighted by atomic mass is 9.98. The Morgan fingerprint density at radius 2 is 1.66 bits per heavy atom. The molecule has 0 aliphatic heterocycles. The molecule has 2 aromatic rings. The minimum absolute atomic E-state index is 0.0906. The van der Waals surface area contributed by atoms with Crippen molar-refractivity contribution in [2.24, 2.45) is 5.92 Å². The van der Waals surface area contributed by atoms with E-state index >= 15 is 0 Å². The normalized spacial score (nSPS) is 12.4. The van der Waals surface area contributed by atoms with Gasteiger partial charge in [0.15, 0.2) is 0 Å². The maximum Gasteiger partial charge on any atom is 0.408 e. The van der Waals surface area contributed by atoms with Crippen LogP contribution in [0.1, 0.15) is 50.0 Å². The number of benzene rings is 2. The summed E-state index contributed by atoms with van der Waals surface area (Å²) in [5.41, 5.74) is 1.87. The molecule has 2 atom stereocenters. The second-order valence-electron chi connectivity index (χ2n) is 7.62. The SMILES string of the molecule is CC[C@H](C)[C@H](NC(=O)OCc1ccccc1)C(=O)Nc1cccc(C(=O)N(CC)CC)c1. The molecule has 2 N–H and O–H groups in total. The summed E-state index contributed by atoms with van der Waals surface area (Å²) in [5.74, 6) is -0.560. The van der Waals surface area contributed by atoms with Crippen LogP contribution in [0.2, 0.25) is 0 Å². The van der Waals surface area contributed by atoms with Crippen molar-refractivity contribution in [2.45, 2.75) is 46.8 Å². The Kier molecular flexibility index (Phi) is 9.73. The average molecular weight is 440 g/mol. The summed E-state index contributed by atoms with van der Waals surface area (Å²) in [6, 6.07) is 15.4. The van der Waals surface area contributed by atoms with Gasteiger partial charge in [-0.05, 0) is 43.5 Å². The Bertz CT molecular complexity index is 897. The predicted molar refractivity (Wildman–Crippen MR) is 125 cm³/mol. The van der Waals surface area contributed by atoms with E-state index in [2.05, 4.69) is 10.6 Å². The average Bonchev–Trinajstić information content (AvgIpc) is 2.82. The number of carbonyl (C=O) groups is 3. The minimum Gasteiger partial charge on any atom is -0.445 e. The fourth-order valence-corrected chi connectivity index (χ4v) is 3.24. The van der Waals surface area contributed by atoms with Gasteiger partial charge >= 0.3 is 6.09 Å². The standard InChI is InChI=1S/C25H33N3O4/c1-5-18(4)22(27-25(31)32-17-19-12-9-8-10-13-19)23(29)26-21-15-11-14-20(16-21)24(30)28(6-2)7-3/h8-16,18,22H,5-7,17H2,1-4H3,(H,26,29)(H,27,31)/t18-,22-/m0/s1. The van der Waals surface area contributed by atoms with Crippen molar-refractivity contribution in [3.8, 4) is 0 Å². The van der Waals surface area contributed by atoms with Gasteiger partial charge in [0.1, 0.15) is 12.6 Å². The highest BCUT2D eigenvalue weighted by Gasteiger charge is 2.27. The van der Waals surface area contributed by atoms with Crippen LogP contribution in [0.4, 0.5) is 10.5 Å². The van der Waals surface area contributed by atoms with Gasteiger partial charge in [0.25, 0.3) is 5.91 Å². The first-order chi connectivity index (χ1) is 15.4. The van der Waals surface area contributed by atoms with Crippen molar-refractivity contribution in [1.29, 1.82) is 0 Å². The van der Waals surface area contributed by atoms with Gasteiger partial charge in [0.2, 0.25) is 5.91 Å². The van der Waals surface area contributed by atoms with Crippen LogP contribution < -0.4 is 10.6 Å². The molecule has 2 rings (SSSR count). The summed E-state index contributed by atoms with van der Waals surface area (Å²) in [6.45, 7) is 9.02. The van der Waals surface area contributed by atoms with Gasteiger partial charge in [-0.15, -0.1) is 0 Å². The molecule has 0 radical (unpaired) electrons. The van der Waals surface area contributed by atoms with E-state index in [4.69, 9.17) is 4.74 Å². The largest absolute Gasteiger partial charge is 0.445 e. The topological polar surface area (TPSA) is 87.7 Å². The van der Waals surface area contributed by atoms with E-state index < -0.39 is 12.1 Å². The number of amides is 3. The van der Waals surface area contributed by atoms with Crippen LogP contribution in [-0.2, 0) is 16.1 Å². The van der Waals surface area contributed by atoms with E-state index in [-0.39, 0.29) is 24.3 Å². The molecule has 7 heteroatoms. The number of anilines is 1. The molecular formula is C25H33N3O4. The van der Waals surface area contributed by atoms with E-state index in [1.807, 2.05) is 58.0 Å². The molecule has 0 saturated heterocycles. The molecule has 0 bridgehead atoms. The van der Waals surface area contributed by atoms with Gasteiger partial charge in [-0.2, -0.15) is 0 Å². The zero-order chi connectivity index (χ0) is 23.5. The molecule has 0 saturated carbocycles. The van der Waals surface area contributed by atoms with Crippen LogP contribution in [0.15, 0.2) is 54.6 Å². The van der Waals surface area contributed by atoms with Crippen molar-refractivity contribution in [3.63, 3.8) is 0 Å². The lowest BCUT2D eigenvalue weighted by molar-refractivity contribution is -0.119. The van der Waals surface area contributed by atoms with E-state index in [0.29, 0.717) is 30.8 Å². The van der Waals surface area contributed by atoms with Crippen LogP contribution in [0.3, 0.4) is 0 Å². The number of hydrogen-bond donors (Lipinski definition) is 2. The van der Waals surface area contributed by atoms with Gasteiger partial charge < -0.3 is 20.3 Å². The van der Waals surface area contributed by atoms with Crippen molar-refractivity contribution < 1.29 is 19.1 Å². The molecule has 7 nitrogen and oxygen atoms in total. The molecule has 0 aromatic heterocycles. The molecule has 172 valence electrons. The van der Waals surface area contributed by atoms with Gasteiger partial charge in [0.05, 0.1) is 0 Å². The summed E-state index contributed by atoms with van der Waals surface area (Å²) < 4.78 is 5.28. The van der Waals surface area contributed by atoms with Gasteiger partial charge in [-0.1, -0.05) is 56.7 Å². The van der Waals surface area contributed by atoms with Crippen molar-refractivity contribution in [1.82, 2.24) is 10.2 Å². The second kappa shape index (κ2) is 12.5. The molecule has 0 aliphatic rings. The zero-order valence-corrected chi connectivity index (χ0v) is 19.3. The lowest BCUT2D eigenvalue weighted by Gasteiger charge is -2.23. The summed E-state index contributed by atoms with van der Waals surface area (Å²) in [4.78, 5) is 39.6. The Morgan fingerprint density at radius 3 is 2.28 bits per heavy atom. The first-order valence-corrected chi connectivity index (χ1v) is 11.1.